The van der Waals surface area contributed by atoms with Gasteiger partial charge in [0.25, 0.3) is 0 Å². The number of imidazole rings is 1. The van der Waals surface area contributed by atoms with E-state index in [0.29, 0.717) is 4.91 Å². The monoisotopic (exact) mass is 496 g/mol. The van der Waals surface area contributed by atoms with Crippen LogP contribution < -0.4 is 0 Å². The van der Waals surface area contributed by atoms with E-state index in [4.69, 9.17) is 4.98 Å². The number of rotatable bonds is 7. The highest BCUT2D eigenvalue weighted by atomic mass is 32.2. The van der Waals surface area contributed by atoms with Crippen molar-refractivity contribution in [3.05, 3.63) is 64.0 Å². The minimum Gasteiger partial charge on any atom is -0.477 e. The van der Waals surface area contributed by atoms with E-state index in [1.54, 1.807) is 6.92 Å². The Balaban J connectivity index is 1.34. The van der Waals surface area contributed by atoms with Gasteiger partial charge in [-0.25, -0.2) is 14.8 Å². The Morgan fingerprint density at radius 1 is 1.29 bits per heavy atom. The summed E-state index contributed by atoms with van der Waals surface area (Å²) in [4.78, 5) is 35.4. The molecule has 2 N–H and O–H groups in total. The van der Waals surface area contributed by atoms with Crippen molar-refractivity contribution >= 4 is 35.0 Å². The molecule has 1 amide bonds. The number of β-lactam (4-membered cyclic amide) rings is 1. The Morgan fingerprint density at radius 3 is 2.65 bits per heavy atom. The van der Waals surface area contributed by atoms with Crippen LogP contribution in [0.15, 0.2) is 57.1 Å². The number of aliphatic carboxylic acids is 1. The van der Waals surface area contributed by atoms with Gasteiger partial charge in [-0.1, -0.05) is 43.0 Å². The summed E-state index contributed by atoms with van der Waals surface area (Å²) in [6.45, 7) is 6.19. The highest BCUT2D eigenvalue weighted by molar-refractivity contribution is 8.04. The van der Waals surface area contributed by atoms with E-state index in [2.05, 4.69) is 17.1 Å². The molecule has 1 fully saturated rings. The normalized spacial score (nSPS) is 22.6. The number of carbonyl (C=O) groups excluding carboxylic acids is 1. The fourth-order valence-corrected chi connectivity index (χ4v) is 6.84. The van der Waals surface area contributed by atoms with E-state index in [-0.39, 0.29) is 23.6 Å². The molecule has 3 aromatic rings. The molecule has 1 saturated heterocycles. The van der Waals surface area contributed by atoms with E-state index >= 15 is 0 Å². The summed E-state index contributed by atoms with van der Waals surface area (Å²) in [5, 5.41) is 21.8. The van der Waals surface area contributed by atoms with Crippen LogP contribution in [-0.4, -0.2) is 53.7 Å². The summed E-state index contributed by atoms with van der Waals surface area (Å²) >= 11 is 2.75. The number of hydrogen-bond donors (Lipinski definition) is 2. The fourth-order valence-electron chi connectivity index (χ4n) is 4.74. The number of aliphatic hydroxyl groups is 1. The first-order valence-corrected chi connectivity index (χ1v) is 12.6. The van der Waals surface area contributed by atoms with Crippen molar-refractivity contribution in [2.75, 3.05) is 0 Å². The number of thiazole rings is 1. The lowest BCUT2D eigenvalue weighted by atomic mass is 9.79. The molecule has 0 bridgehead atoms. The van der Waals surface area contributed by atoms with Crippen LogP contribution in [0, 0.1) is 18.8 Å². The molecule has 0 saturated carbocycles. The molecular weight excluding hydrogens is 472 g/mol. The van der Waals surface area contributed by atoms with Crippen molar-refractivity contribution in [2.45, 2.75) is 43.8 Å². The number of hydrogen-bond acceptors (Lipinski definition) is 7. The number of aryl methyl sites for hydroxylation is 1. The molecule has 8 nitrogen and oxygen atoms in total. The van der Waals surface area contributed by atoms with Crippen LogP contribution in [0.2, 0.25) is 0 Å². The number of amides is 1. The van der Waals surface area contributed by atoms with Gasteiger partial charge in [-0.15, -0.1) is 11.3 Å². The van der Waals surface area contributed by atoms with Crippen LogP contribution in [0.25, 0.3) is 11.3 Å². The lowest BCUT2D eigenvalue weighted by Crippen LogP contribution is -2.63. The van der Waals surface area contributed by atoms with Crippen LogP contribution >= 0.6 is 23.1 Å². The van der Waals surface area contributed by atoms with Gasteiger partial charge in [0, 0.05) is 34.5 Å². The SMILES string of the molecule is Cc1cn(Cc2ccc(-c3csc(SC4=C(C(=O)O)N5C(=O)[C@H](C(C)O)[C@H]5[C@H]4C)n3)cc2)cn1. The maximum atomic E-state index is 12.5. The average Bonchev–Trinajstić information content (AvgIpc) is 3.47. The number of carboxylic acids is 1. The number of fused-ring (bicyclic) bond motifs is 1. The number of carbonyl (C=O) groups is 2. The van der Waals surface area contributed by atoms with Crippen LogP contribution in [0.3, 0.4) is 0 Å². The third kappa shape index (κ3) is 3.85. The van der Waals surface area contributed by atoms with Gasteiger partial charge >= 0.3 is 5.97 Å². The van der Waals surface area contributed by atoms with Crippen molar-refractivity contribution < 1.29 is 19.8 Å². The van der Waals surface area contributed by atoms with Crippen LogP contribution in [-0.2, 0) is 16.1 Å². The van der Waals surface area contributed by atoms with Crippen LogP contribution in [0.5, 0.6) is 0 Å². The summed E-state index contributed by atoms with van der Waals surface area (Å²) in [7, 11) is 0. The van der Waals surface area contributed by atoms with Gasteiger partial charge in [0.15, 0.2) is 4.34 Å². The first-order chi connectivity index (χ1) is 16.2. The largest absolute Gasteiger partial charge is 0.477 e. The smallest absolute Gasteiger partial charge is 0.353 e. The van der Waals surface area contributed by atoms with Gasteiger partial charge in [-0.2, -0.15) is 0 Å². The molecule has 0 spiro atoms. The summed E-state index contributed by atoms with van der Waals surface area (Å²) in [5.74, 6) is -2.22. The zero-order chi connectivity index (χ0) is 24.1. The highest BCUT2D eigenvalue weighted by Gasteiger charge is 2.60. The van der Waals surface area contributed by atoms with E-state index in [1.807, 2.05) is 48.5 Å². The number of nitrogens with zero attached hydrogens (tertiary/aromatic N) is 4. The van der Waals surface area contributed by atoms with Gasteiger partial charge in [0.05, 0.1) is 35.8 Å². The Bertz CT molecular complexity index is 1290. The zero-order valence-electron chi connectivity index (χ0n) is 18.9. The molecule has 176 valence electrons. The fraction of sp³-hybridized carbons (Fsp3) is 0.333. The summed E-state index contributed by atoms with van der Waals surface area (Å²) in [6, 6.07) is 7.86. The maximum Gasteiger partial charge on any atom is 0.353 e. The van der Waals surface area contributed by atoms with E-state index < -0.39 is 18.0 Å². The number of aliphatic hydroxyl groups excluding tert-OH is 1. The summed E-state index contributed by atoms with van der Waals surface area (Å²) in [5.41, 5.74) is 3.96. The van der Waals surface area contributed by atoms with Crippen molar-refractivity contribution in [2.24, 2.45) is 11.8 Å². The van der Waals surface area contributed by atoms with Gasteiger partial charge in [0.2, 0.25) is 5.91 Å². The Labute approximate surface area is 205 Å². The van der Waals surface area contributed by atoms with Gasteiger partial charge in [-0.05, 0) is 19.4 Å². The molecule has 0 aliphatic carbocycles. The molecule has 4 heterocycles. The summed E-state index contributed by atoms with van der Waals surface area (Å²) < 4.78 is 2.76. The molecule has 34 heavy (non-hydrogen) atoms. The van der Waals surface area contributed by atoms with E-state index in [9.17, 15) is 19.8 Å². The predicted octanol–water partition coefficient (Wildman–Crippen LogP) is 3.61. The van der Waals surface area contributed by atoms with Crippen molar-refractivity contribution in [1.29, 1.82) is 0 Å². The molecule has 2 aliphatic rings. The highest BCUT2D eigenvalue weighted by Crippen LogP contribution is 2.52. The lowest BCUT2D eigenvalue weighted by molar-refractivity contribution is -0.163. The second-order valence-corrected chi connectivity index (χ2v) is 10.9. The molecule has 0 radical (unpaired) electrons. The molecular formula is C24H24N4O4S2. The molecule has 4 atom stereocenters. The zero-order valence-corrected chi connectivity index (χ0v) is 20.5. The van der Waals surface area contributed by atoms with E-state index in [0.717, 1.165) is 33.4 Å². The quantitative estimate of drug-likeness (QED) is 0.481. The molecule has 5 rings (SSSR count). The number of aromatic nitrogens is 3. The minimum absolute atomic E-state index is 0.0141. The van der Waals surface area contributed by atoms with Gasteiger partial charge in [0.1, 0.15) is 5.70 Å². The number of thioether (sulfide) groups is 1. The Kier molecular flexibility index (Phi) is 5.83. The molecule has 1 unspecified atom stereocenters. The second-order valence-electron chi connectivity index (χ2n) is 8.76. The molecule has 2 aliphatic heterocycles. The molecule has 1 aromatic carbocycles. The Hall–Kier alpha value is -2.95. The van der Waals surface area contributed by atoms with Crippen LogP contribution in [0.1, 0.15) is 25.1 Å². The topological polar surface area (TPSA) is 109 Å². The van der Waals surface area contributed by atoms with Crippen molar-refractivity contribution in [3.8, 4) is 11.3 Å². The van der Waals surface area contributed by atoms with Crippen molar-refractivity contribution in [3.63, 3.8) is 0 Å². The molecule has 2 aromatic heterocycles. The number of benzene rings is 1. The maximum absolute atomic E-state index is 12.5. The third-order valence-electron chi connectivity index (χ3n) is 6.37. The average molecular weight is 497 g/mol. The van der Waals surface area contributed by atoms with Crippen molar-refractivity contribution in [1.82, 2.24) is 19.4 Å². The number of carboxylic acid groups (broad SMARTS) is 1. The minimum atomic E-state index is -1.13. The van der Waals surface area contributed by atoms with E-state index in [1.165, 1.54) is 28.0 Å². The van der Waals surface area contributed by atoms with Gasteiger partial charge in [-0.3, -0.25) is 4.79 Å². The summed E-state index contributed by atoms with van der Waals surface area (Å²) in [6.07, 6.45) is 3.00. The predicted molar refractivity (Wildman–Crippen MR) is 129 cm³/mol. The van der Waals surface area contributed by atoms with Crippen LogP contribution in [0.4, 0.5) is 0 Å². The standard InChI is InChI=1S/C24H24N4O4S2/c1-12-8-27(11-25-12)9-15-4-6-16(7-5-15)17-10-33-24(26-17)34-21-13(2)19-18(14(3)29)22(30)28(19)20(21)23(31)32/h4-8,10-11,13-14,18-19,29H,9H2,1-3H3,(H,31,32)/t13-,14?,18-,19-/m1/s1. The molecule has 10 heteroatoms. The van der Waals surface area contributed by atoms with Gasteiger partial charge < -0.3 is 19.7 Å². The Morgan fingerprint density at radius 2 is 2.03 bits per heavy atom. The lowest BCUT2D eigenvalue weighted by Gasteiger charge is -2.46. The first kappa shape index (κ1) is 22.8. The third-order valence-corrected chi connectivity index (χ3v) is 8.59. The second kappa shape index (κ2) is 8.68. The first-order valence-electron chi connectivity index (χ1n) is 10.9.